The van der Waals surface area contributed by atoms with Gasteiger partial charge in [-0.2, -0.15) is 0 Å². The van der Waals surface area contributed by atoms with Gasteiger partial charge in [-0.25, -0.2) is 0 Å². The molecule has 156 valence electrons. The highest BCUT2D eigenvalue weighted by Crippen LogP contribution is 2.23. The number of hydrogen-bond acceptors (Lipinski definition) is 4. The number of carbonyl (C=O) groups is 2. The monoisotopic (exact) mass is 414 g/mol. The topological polar surface area (TPSA) is 80.6 Å². The molecule has 4 rings (SSSR count). The van der Waals surface area contributed by atoms with Crippen LogP contribution >= 0.6 is 0 Å². The summed E-state index contributed by atoms with van der Waals surface area (Å²) in [6, 6.07) is 22.0. The normalized spacial score (nSPS) is 10.6. The van der Waals surface area contributed by atoms with Gasteiger partial charge >= 0.3 is 0 Å². The third-order valence-corrected chi connectivity index (χ3v) is 4.86. The van der Waals surface area contributed by atoms with E-state index in [-0.39, 0.29) is 24.2 Å². The van der Waals surface area contributed by atoms with E-state index in [9.17, 15) is 9.59 Å². The minimum absolute atomic E-state index is 0.0888. The maximum absolute atomic E-state index is 12.6. The summed E-state index contributed by atoms with van der Waals surface area (Å²) >= 11 is 0. The number of aryl methyl sites for hydroxylation is 2. The average molecular weight is 414 g/mol. The molecule has 6 heteroatoms. The molecule has 1 aromatic heterocycles. The van der Waals surface area contributed by atoms with E-state index in [1.165, 1.54) is 0 Å². The molecular formula is C25H22N2O4. The number of fused-ring (bicyclic) bond motifs is 1. The lowest BCUT2D eigenvalue weighted by atomic mass is 10.1. The maximum atomic E-state index is 12.6. The van der Waals surface area contributed by atoms with Crippen LogP contribution in [0.25, 0.3) is 11.0 Å². The van der Waals surface area contributed by atoms with Crippen LogP contribution in [0.5, 0.6) is 5.75 Å². The molecule has 0 saturated heterocycles. The molecule has 1 heterocycles. The molecule has 0 fully saturated rings. The predicted molar refractivity (Wildman–Crippen MR) is 121 cm³/mol. The standard InChI is InChI=1S/C25H22N2O4/c1-16-7-3-5-9-21(16)30-15-24(28)26-19-11-12-20(17(2)13-19)27-25(29)23-14-18-8-4-6-10-22(18)31-23/h3-14H,15H2,1-2H3,(H,26,28)(H,27,29). The number of nitrogens with one attached hydrogen (secondary N) is 2. The maximum Gasteiger partial charge on any atom is 0.291 e. The zero-order chi connectivity index (χ0) is 21.8. The molecule has 2 amide bonds. The summed E-state index contributed by atoms with van der Waals surface area (Å²) < 4.78 is 11.2. The van der Waals surface area contributed by atoms with Gasteiger partial charge in [0, 0.05) is 16.8 Å². The van der Waals surface area contributed by atoms with Crippen molar-refractivity contribution in [1.29, 1.82) is 0 Å². The van der Waals surface area contributed by atoms with Gasteiger partial charge in [-0.05, 0) is 61.4 Å². The molecule has 3 aromatic carbocycles. The third kappa shape index (κ3) is 4.75. The minimum Gasteiger partial charge on any atom is -0.483 e. The van der Waals surface area contributed by atoms with Crippen LogP contribution in [0.2, 0.25) is 0 Å². The average Bonchev–Trinajstić information content (AvgIpc) is 3.19. The lowest BCUT2D eigenvalue weighted by Gasteiger charge is -2.12. The summed E-state index contributed by atoms with van der Waals surface area (Å²) in [4.78, 5) is 24.8. The smallest absolute Gasteiger partial charge is 0.291 e. The second kappa shape index (κ2) is 8.75. The Labute approximate surface area is 179 Å². The Hall–Kier alpha value is -4.06. The van der Waals surface area contributed by atoms with E-state index in [2.05, 4.69) is 10.6 Å². The quantitative estimate of drug-likeness (QED) is 0.447. The van der Waals surface area contributed by atoms with Gasteiger partial charge in [0.15, 0.2) is 12.4 Å². The number of benzene rings is 3. The van der Waals surface area contributed by atoms with Gasteiger partial charge in [-0.15, -0.1) is 0 Å². The first-order valence-electron chi connectivity index (χ1n) is 9.88. The SMILES string of the molecule is Cc1cc(NC(=O)COc2ccccc2C)ccc1NC(=O)c1cc2ccccc2o1. The fourth-order valence-electron chi connectivity index (χ4n) is 3.22. The van der Waals surface area contributed by atoms with E-state index >= 15 is 0 Å². The molecule has 0 spiro atoms. The van der Waals surface area contributed by atoms with Crippen molar-refractivity contribution in [3.63, 3.8) is 0 Å². The molecule has 0 aliphatic heterocycles. The van der Waals surface area contributed by atoms with Crippen molar-refractivity contribution in [3.05, 3.63) is 89.7 Å². The summed E-state index contributed by atoms with van der Waals surface area (Å²) in [6.45, 7) is 3.69. The summed E-state index contributed by atoms with van der Waals surface area (Å²) in [7, 11) is 0. The molecule has 0 atom stereocenters. The van der Waals surface area contributed by atoms with Gasteiger partial charge in [0.25, 0.3) is 11.8 Å². The lowest BCUT2D eigenvalue weighted by Crippen LogP contribution is -2.20. The van der Waals surface area contributed by atoms with Gasteiger partial charge in [0.2, 0.25) is 0 Å². The highest BCUT2D eigenvalue weighted by Gasteiger charge is 2.14. The molecular weight excluding hydrogens is 392 g/mol. The summed E-state index contributed by atoms with van der Waals surface area (Å²) in [5, 5.41) is 6.53. The first-order chi connectivity index (χ1) is 15.0. The van der Waals surface area contributed by atoms with Crippen molar-refractivity contribution in [2.24, 2.45) is 0 Å². The molecule has 2 N–H and O–H groups in total. The highest BCUT2D eigenvalue weighted by molar-refractivity contribution is 6.05. The highest BCUT2D eigenvalue weighted by atomic mass is 16.5. The zero-order valence-electron chi connectivity index (χ0n) is 17.3. The fourth-order valence-corrected chi connectivity index (χ4v) is 3.22. The van der Waals surface area contributed by atoms with Crippen molar-refractivity contribution in [2.45, 2.75) is 13.8 Å². The van der Waals surface area contributed by atoms with Crippen LogP contribution in [0.3, 0.4) is 0 Å². The Morgan fingerprint density at radius 3 is 2.42 bits per heavy atom. The van der Waals surface area contributed by atoms with Gasteiger partial charge in [0.1, 0.15) is 11.3 Å². The molecule has 0 aliphatic carbocycles. The van der Waals surface area contributed by atoms with Gasteiger partial charge in [-0.3, -0.25) is 9.59 Å². The number of para-hydroxylation sites is 2. The van der Waals surface area contributed by atoms with Crippen LogP contribution in [0.1, 0.15) is 21.7 Å². The van der Waals surface area contributed by atoms with Crippen molar-refractivity contribution in [2.75, 3.05) is 17.2 Å². The number of amides is 2. The Morgan fingerprint density at radius 2 is 1.65 bits per heavy atom. The number of anilines is 2. The van der Waals surface area contributed by atoms with Crippen molar-refractivity contribution in [1.82, 2.24) is 0 Å². The van der Waals surface area contributed by atoms with E-state index in [0.29, 0.717) is 22.7 Å². The molecule has 4 aromatic rings. The van der Waals surface area contributed by atoms with Crippen molar-refractivity contribution < 1.29 is 18.7 Å². The minimum atomic E-state index is -0.331. The molecule has 0 saturated carbocycles. The molecule has 0 radical (unpaired) electrons. The third-order valence-electron chi connectivity index (χ3n) is 4.86. The number of hydrogen-bond donors (Lipinski definition) is 2. The van der Waals surface area contributed by atoms with Crippen LogP contribution in [0, 0.1) is 13.8 Å². The Kier molecular flexibility index (Phi) is 5.71. The Balaban J connectivity index is 1.37. The number of furan rings is 1. The Bertz CT molecular complexity index is 1230. The first-order valence-corrected chi connectivity index (χ1v) is 9.88. The van der Waals surface area contributed by atoms with Gasteiger partial charge in [0.05, 0.1) is 0 Å². The molecule has 6 nitrogen and oxygen atoms in total. The number of ether oxygens (including phenoxy) is 1. The predicted octanol–water partition coefficient (Wildman–Crippen LogP) is 5.32. The van der Waals surface area contributed by atoms with Crippen LogP contribution in [-0.4, -0.2) is 18.4 Å². The second-order valence-corrected chi connectivity index (χ2v) is 7.23. The van der Waals surface area contributed by atoms with E-state index in [1.54, 1.807) is 24.3 Å². The van der Waals surface area contributed by atoms with Crippen molar-refractivity contribution in [3.8, 4) is 5.75 Å². The summed E-state index contributed by atoms with van der Waals surface area (Å²) in [5.41, 5.74) is 3.70. The fraction of sp³-hybridized carbons (Fsp3) is 0.120. The van der Waals surface area contributed by atoms with Crippen LogP contribution < -0.4 is 15.4 Å². The Morgan fingerprint density at radius 1 is 0.871 bits per heavy atom. The zero-order valence-corrected chi connectivity index (χ0v) is 17.3. The first kappa shape index (κ1) is 20.2. The largest absolute Gasteiger partial charge is 0.483 e. The molecule has 0 aliphatic rings. The van der Waals surface area contributed by atoms with E-state index in [4.69, 9.17) is 9.15 Å². The van der Waals surface area contributed by atoms with Crippen LogP contribution in [0.15, 0.2) is 77.2 Å². The summed E-state index contributed by atoms with van der Waals surface area (Å²) in [6.07, 6.45) is 0. The number of carbonyl (C=O) groups excluding carboxylic acids is 2. The van der Waals surface area contributed by atoms with Gasteiger partial charge in [-0.1, -0.05) is 36.4 Å². The van der Waals surface area contributed by atoms with E-state index < -0.39 is 0 Å². The molecule has 31 heavy (non-hydrogen) atoms. The molecule has 0 unspecified atom stereocenters. The van der Waals surface area contributed by atoms with E-state index in [1.807, 2.05) is 62.4 Å². The van der Waals surface area contributed by atoms with E-state index in [0.717, 1.165) is 16.5 Å². The molecule has 0 bridgehead atoms. The van der Waals surface area contributed by atoms with Crippen molar-refractivity contribution >= 4 is 34.2 Å². The van der Waals surface area contributed by atoms with Gasteiger partial charge < -0.3 is 19.8 Å². The van der Waals surface area contributed by atoms with Crippen LogP contribution in [-0.2, 0) is 4.79 Å². The summed E-state index contributed by atoms with van der Waals surface area (Å²) in [5.74, 6) is 0.327. The second-order valence-electron chi connectivity index (χ2n) is 7.23. The lowest BCUT2D eigenvalue weighted by molar-refractivity contribution is -0.118. The number of rotatable bonds is 6. The van der Waals surface area contributed by atoms with Crippen LogP contribution in [0.4, 0.5) is 11.4 Å².